The second kappa shape index (κ2) is 7.81. The summed E-state index contributed by atoms with van der Waals surface area (Å²) in [7, 11) is 0. The molecule has 0 heterocycles. The Morgan fingerprint density at radius 1 is 1.36 bits per heavy atom. The zero-order valence-corrected chi connectivity index (χ0v) is 15.2. The Labute approximate surface area is 139 Å². The highest BCUT2D eigenvalue weighted by molar-refractivity contribution is 9.10. The third kappa shape index (κ3) is 6.22. The Morgan fingerprint density at radius 3 is 2.50 bits per heavy atom. The van der Waals surface area contributed by atoms with Crippen molar-refractivity contribution in [1.29, 1.82) is 0 Å². The maximum absolute atomic E-state index is 13.7. The van der Waals surface area contributed by atoms with Gasteiger partial charge < -0.3 is 14.4 Å². The van der Waals surface area contributed by atoms with E-state index >= 15 is 0 Å². The minimum atomic E-state index is -0.553. The largest absolute Gasteiger partial charge is 0.489 e. The first kappa shape index (κ1) is 18.7. The molecule has 0 unspecified atom stereocenters. The Balaban J connectivity index is 2.60. The molecule has 0 fully saturated rings. The number of halogens is 2. The lowest BCUT2D eigenvalue weighted by molar-refractivity contribution is 0.0164. The average molecular weight is 376 g/mol. The molecule has 0 N–H and O–H groups in total. The maximum atomic E-state index is 13.7. The number of hydrogen-bond donors (Lipinski definition) is 0. The molecule has 0 aliphatic heterocycles. The molecule has 0 radical (unpaired) electrons. The van der Waals surface area contributed by atoms with Crippen LogP contribution in [0.2, 0.25) is 0 Å². The Bertz CT molecular complexity index is 515. The van der Waals surface area contributed by atoms with E-state index in [0.29, 0.717) is 11.0 Å². The summed E-state index contributed by atoms with van der Waals surface area (Å²) >= 11 is 3.19. The van der Waals surface area contributed by atoms with Crippen molar-refractivity contribution in [2.75, 3.05) is 13.2 Å². The van der Waals surface area contributed by atoms with Crippen LogP contribution in [0.25, 0.3) is 0 Å². The molecule has 124 valence electrons. The fraction of sp³-hybridized carbons (Fsp3) is 0.562. The molecule has 22 heavy (non-hydrogen) atoms. The van der Waals surface area contributed by atoms with E-state index in [1.807, 2.05) is 34.6 Å². The smallest absolute Gasteiger partial charge is 0.410 e. The highest BCUT2D eigenvalue weighted by Crippen LogP contribution is 2.21. The molecule has 0 atom stereocenters. The van der Waals surface area contributed by atoms with Crippen LogP contribution in [0.3, 0.4) is 0 Å². The van der Waals surface area contributed by atoms with Crippen LogP contribution in [-0.4, -0.2) is 35.8 Å². The zero-order chi connectivity index (χ0) is 16.9. The number of ether oxygens (including phenoxy) is 2. The van der Waals surface area contributed by atoms with Gasteiger partial charge in [0.1, 0.15) is 12.2 Å². The average Bonchev–Trinajstić information content (AvgIpc) is 2.33. The molecule has 6 heteroatoms. The summed E-state index contributed by atoms with van der Waals surface area (Å²) in [6.07, 6.45) is -0.401. The number of carbonyl (C=O) groups excluding carboxylic acids is 1. The van der Waals surface area contributed by atoms with Gasteiger partial charge in [0, 0.05) is 10.5 Å². The first-order chi connectivity index (χ1) is 10.1. The molecular weight excluding hydrogens is 353 g/mol. The molecule has 0 aliphatic carbocycles. The van der Waals surface area contributed by atoms with Crippen LogP contribution in [-0.2, 0) is 4.74 Å². The summed E-state index contributed by atoms with van der Waals surface area (Å²) in [5, 5.41) is 0. The van der Waals surface area contributed by atoms with Crippen molar-refractivity contribution in [3.8, 4) is 5.75 Å². The lowest BCUT2D eigenvalue weighted by Gasteiger charge is -2.30. The van der Waals surface area contributed by atoms with E-state index in [0.717, 1.165) is 0 Å². The third-order valence-corrected chi connectivity index (χ3v) is 3.23. The monoisotopic (exact) mass is 375 g/mol. The normalized spacial score (nSPS) is 11.5. The van der Waals surface area contributed by atoms with Crippen LogP contribution in [0.1, 0.15) is 34.6 Å². The van der Waals surface area contributed by atoms with Crippen LogP contribution in [0.4, 0.5) is 9.18 Å². The fourth-order valence-corrected chi connectivity index (χ4v) is 2.06. The summed E-state index contributed by atoms with van der Waals surface area (Å²) in [4.78, 5) is 13.7. The van der Waals surface area contributed by atoms with Crippen LogP contribution in [0.15, 0.2) is 22.7 Å². The standard InChI is InChI=1S/C16H23BrFNO3/c1-11(2)19(15(20)22-16(3,4)5)8-9-21-14-7-6-12(17)10-13(14)18/h6-7,10-11H,8-9H2,1-5H3. The van der Waals surface area contributed by atoms with Crippen molar-refractivity contribution in [3.63, 3.8) is 0 Å². The Hall–Kier alpha value is -1.30. The molecule has 4 nitrogen and oxygen atoms in total. The summed E-state index contributed by atoms with van der Waals surface area (Å²) in [5.74, 6) is -0.279. The minimum absolute atomic E-state index is 0.0341. The van der Waals surface area contributed by atoms with Gasteiger partial charge in [0.15, 0.2) is 11.6 Å². The van der Waals surface area contributed by atoms with Gasteiger partial charge in [-0.2, -0.15) is 0 Å². The van der Waals surface area contributed by atoms with E-state index in [4.69, 9.17) is 9.47 Å². The minimum Gasteiger partial charge on any atom is -0.489 e. The number of carbonyl (C=O) groups is 1. The quantitative estimate of drug-likeness (QED) is 0.753. The van der Waals surface area contributed by atoms with E-state index in [-0.39, 0.29) is 18.4 Å². The third-order valence-electron chi connectivity index (χ3n) is 2.74. The van der Waals surface area contributed by atoms with Crippen LogP contribution < -0.4 is 4.74 Å². The molecule has 1 aromatic rings. The molecule has 0 bridgehead atoms. The number of hydrogen-bond acceptors (Lipinski definition) is 3. The summed E-state index contributed by atoms with van der Waals surface area (Å²) in [6, 6.07) is 4.55. The second-order valence-electron chi connectivity index (χ2n) is 6.19. The maximum Gasteiger partial charge on any atom is 0.410 e. The van der Waals surface area contributed by atoms with E-state index in [9.17, 15) is 9.18 Å². The predicted molar refractivity (Wildman–Crippen MR) is 87.7 cm³/mol. The lowest BCUT2D eigenvalue weighted by atomic mass is 10.2. The van der Waals surface area contributed by atoms with Crippen molar-refractivity contribution in [3.05, 3.63) is 28.5 Å². The predicted octanol–water partition coefficient (Wildman–Crippen LogP) is 4.61. The van der Waals surface area contributed by atoms with Gasteiger partial charge in [-0.25, -0.2) is 9.18 Å². The number of amides is 1. The van der Waals surface area contributed by atoms with Crippen molar-refractivity contribution in [2.45, 2.75) is 46.3 Å². The highest BCUT2D eigenvalue weighted by Gasteiger charge is 2.24. The zero-order valence-electron chi connectivity index (χ0n) is 13.7. The first-order valence-corrected chi connectivity index (χ1v) is 7.97. The fourth-order valence-electron chi connectivity index (χ4n) is 1.73. The first-order valence-electron chi connectivity index (χ1n) is 7.17. The van der Waals surface area contributed by atoms with Crippen molar-refractivity contribution >= 4 is 22.0 Å². The molecule has 1 amide bonds. The van der Waals surface area contributed by atoms with E-state index in [2.05, 4.69) is 15.9 Å². The van der Waals surface area contributed by atoms with Gasteiger partial charge >= 0.3 is 6.09 Å². The number of rotatable bonds is 5. The summed E-state index contributed by atoms with van der Waals surface area (Å²) < 4.78 is 25.1. The number of benzene rings is 1. The highest BCUT2D eigenvalue weighted by atomic mass is 79.9. The van der Waals surface area contributed by atoms with Gasteiger partial charge in [-0.1, -0.05) is 15.9 Å². The molecule has 0 spiro atoms. The summed E-state index contributed by atoms with van der Waals surface area (Å²) in [5.41, 5.74) is -0.553. The van der Waals surface area contributed by atoms with Gasteiger partial charge in [-0.3, -0.25) is 0 Å². The Morgan fingerprint density at radius 2 is 2.00 bits per heavy atom. The molecule has 0 aliphatic rings. The van der Waals surface area contributed by atoms with E-state index in [1.165, 1.54) is 6.07 Å². The van der Waals surface area contributed by atoms with E-state index < -0.39 is 17.5 Å². The lowest BCUT2D eigenvalue weighted by Crippen LogP contribution is -2.43. The van der Waals surface area contributed by atoms with Crippen molar-refractivity contribution in [1.82, 2.24) is 4.90 Å². The molecule has 0 aromatic heterocycles. The van der Waals surface area contributed by atoms with Crippen LogP contribution >= 0.6 is 15.9 Å². The molecular formula is C16H23BrFNO3. The Kier molecular flexibility index (Phi) is 6.66. The van der Waals surface area contributed by atoms with Crippen molar-refractivity contribution < 1.29 is 18.7 Å². The van der Waals surface area contributed by atoms with Crippen molar-refractivity contribution in [2.24, 2.45) is 0 Å². The van der Waals surface area contributed by atoms with Crippen LogP contribution in [0.5, 0.6) is 5.75 Å². The van der Waals surface area contributed by atoms with Gasteiger partial charge in [0.25, 0.3) is 0 Å². The molecule has 1 rings (SSSR count). The van der Waals surface area contributed by atoms with E-state index in [1.54, 1.807) is 17.0 Å². The van der Waals surface area contributed by atoms with Gasteiger partial charge in [0.2, 0.25) is 0 Å². The van der Waals surface area contributed by atoms with Gasteiger partial charge in [-0.15, -0.1) is 0 Å². The molecule has 0 saturated carbocycles. The molecule has 1 aromatic carbocycles. The van der Waals surface area contributed by atoms with Crippen LogP contribution in [0, 0.1) is 5.82 Å². The number of nitrogens with zero attached hydrogens (tertiary/aromatic N) is 1. The second-order valence-corrected chi connectivity index (χ2v) is 7.11. The summed E-state index contributed by atoms with van der Waals surface area (Å²) in [6.45, 7) is 9.75. The SMILES string of the molecule is CC(C)N(CCOc1ccc(Br)cc1F)C(=O)OC(C)(C)C. The topological polar surface area (TPSA) is 38.8 Å². The van der Waals surface area contributed by atoms with Gasteiger partial charge in [0.05, 0.1) is 6.54 Å². The van der Waals surface area contributed by atoms with Gasteiger partial charge in [-0.05, 0) is 52.8 Å². The molecule has 0 saturated heterocycles.